The van der Waals surface area contributed by atoms with Crippen LogP contribution < -0.4 is 5.32 Å². The van der Waals surface area contributed by atoms with Crippen LogP contribution in [0.3, 0.4) is 0 Å². The summed E-state index contributed by atoms with van der Waals surface area (Å²) in [5.41, 5.74) is 5.98. The van der Waals surface area contributed by atoms with Crippen molar-refractivity contribution in [2.45, 2.75) is 38.5 Å². The molecule has 10 heteroatoms. The summed E-state index contributed by atoms with van der Waals surface area (Å²) in [5.74, 6) is 0.313. The van der Waals surface area contributed by atoms with Crippen molar-refractivity contribution in [3.05, 3.63) is 72.9 Å². The predicted molar refractivity (Wildman–Crippen MR) is 159 cm³/mol. The van der Waals surface area contributed by atoms with E-state index in [0.717, 1.165) is 40.9 Å². The number of H-pyrrole nitrogens is 2. The lowest BCUT2D eigenvalue weighted by Crippen LogP contribution is -2.18. The second-order valence-electron chi connectivity index (χ2n) is 10.9. The van der Waals surface area contributed by atoms with E-state index in [0.29, 0.717) is 51.9 Å². The first-order valence-electron chi connectivity index (χ1n) is 14.1. The summed E-state index contributed by atoms with van der Waals surface area (Å²) < 4.78 is 14.0. The summed E-state index contributed by atoms with van der Waals surface area (Å²) in [5, 5.41) is 21.3. The van der Waals surface area contributed by atoms with Crippen molar-refractivity contribution in [3.8, 4) is 39.7 Å². The highest BCUT2D eigenvalue weighted by molar-refractivity contribution is 5.98. The average Bonchev–Trinajstić information content (AvgIpc) is 3.61. The molecule has 1 aliphatic carbocycles. The number of anilines is 1. The summed E-state index contributed by atoms with van der Waals surface area (Å²) in [6.07, 6.45) is 11.5. The SMILES string of the molecule is O=C(CC1CCCCC1)Nc1cncc(-c2cc3c(-c4nc5c(-c6cc(O)cc(F)c6)cccc5[nH]4)n[nH]c3cn2)c1. The standard InChI is InChI=1S/C32H28FN7O2/c33-21-10-19(12-23(41)13-21)24-7-4-8-26-30(24)38-32(37-26)31-25-14-27(35-17-28(25)39-40-31)20-11-22(16-34-15-20)36-29(42)9-18-5-2-1-3-6-18/h4,7-8,10-18,41H,1-3,5-6,9H2,(H,36,42)(H,37,38)(H,39,40). The van der Waals surface area contributed by atoms with Gasteiger partial charge < -0.3 is 15.4 Å². The molecule has 1 aliphatic rings. The number of amides is 1. The number of fused-ring (bicyclic) bond motifs is 2. The van der Waals surface area contributed by atoms with Crippen molar-refractivity contribution in [1.29, 1.82) is 0 Å². The van der Waals surface area contributed by atoms with E-state index in [4.69, 9.17) is 4.98 Å². The van der Waals surface area contributed by atoms with Crippen LogP contribution in [0.25, 0.3) is 55.8 Å². The van der Waals surface area contributed by atoms with Gasteiger partial charge in [-0.15, -0.1) is 0 Å². The molecule has 0 atom stereocenters. The Hall–Kier alpha value is -5.12. The van der Waals surface area contributed by atoms with Crippen molar-refractivity contribution >= 4 is 33.5 Å². The molecular weight excluding hydrogens is 533 g/mol. The zero-order valence-corrected chi connectivity index (χ0v) is 22.7. The maximum atomic E-state index is 14.0. The molecule has 1 fully saturated rings. The lowest BCUT2D eigenvalue weighted by atomic mass is 9.87. The van der Waals surface area contributed by atoms with Gasteiger partial charge in [0.15, 0.2) is 5.82 Å². The van der Waals surface area contributed by atoms with E-state index in [1.165, 1.54) is 31.4 Å². The Kier molecular flexibility index (Phi) is 6.58. The maximum absolute atomic E-state index is 14.0. The number of phenolic OH excluding ortho intramolecular Hbond substituents is 1. The Morgan fingerprint density at radius 3 is 2.74 bits per heavy atom. The number of aromatic amines is 2. The number of pyridine rings is 2. The van der Waals surface area contributed by atoms with E-state index in [9.17, 15) is 14.3 Å². The molecule has 0 saturated heterocycles. The minimum atomic E-state index is -0.529. The zero-order chi connectivity index (χ0) is 28.6. The third kappa shape index (κ3) is 5.07. The number of hydrogen-bond donors (Lipinski definition) is 4. The average molecular weight is 562 g/mol. The number of aromatic nitrogens is 6. The van der Waals surface area contributed by atoms with Gasteiger partial charge in [0, 0.05) is 35.2 Å². The Morgan fingerprint density at radius 1 is 1.00 bits per heavy atom. The van der Waals surface area contributed by atoms with E-state index in [1.54, 1.807) is 18.6 Å². The van der Waals surface area contributed by atoms with Crippen LogP contribution in [0.4, 0.5) is 10.1 Å². The number of para-hydroxylation sites is 1. The molecule has 6 aromatic rings. The van der Waals surface area contributed by atoms with Gasteiger partial charge in [0.25, 0.3) is 0 Å². The monoisotopic (exact) mass is 561 g/mol. The fourth-order valence-corrected chi connectivity index (χ4v) is 5.88. The number of aromatic hydroxyl groups is 1. The van der Waals surface area contributed by atoms with Gasteiger partial charge in [-0.05, 0) is 54.7 Å². The minimum absolute atomic E-state index is 0.0130. The molecule has 2 aromatic carbocycles. The largest absolute Gasteiger partial charge is 0.508 e. The van der Waals surface area contributed by atoms with Crippen molar-refractivity contribution in [3.63, 3.8) is 0 Å². The fourth-order valence-electron chi connectivity index (χ4n) is 5.88. The van der Waals surface area contributed by atoms with E-state index >= 15 is 0 Å². The van der Waals surface area contributed by atoms with Crippen LogP contribution in [0.15, 0.2) is 67.1 Å². The topological polar surface area (TPSA) is 132 Å². The molecule has 0 radical (unpaired) electrons. The number of hydrogen-bond acceptors (Lipinski definition) is 6. The van der Waals surface area contributed by atoms with Gasteiger partial charge in [0.05, 0.1) is 40.3 Å². The molecular formula is C32H28FN7O2. The third-order valence-electron chi connectivity index (χ3n) is 7.89. The Balaban J connectivity index is 1.20. The Morgan fingerprint density at radius 2 is 1.88 bits per heavy atom. The quantitative estimate of drug-likeness (QED) is 0.173. The molecule has 1 saturated carbocycles. The number of nitrogens with one attached hydrogen (secondary N) is 3. The highest BCUT2D eigenvalue weighted by Crippen LogP contribution is 2.34. The highest BCUT2D eigenvalue weighted by atomic mass is 19.1. The number of carbonyl (C=O) groups excluding carboxylic acids is 1. The first kappa shape index (κ1) is 25.8. The van der Waals surface area contributed by atoms with E-state index in [-0.39, 0.29) is 11.7 Å². The van der Waals surface area contributed by atoms with Crippen LogP contribution in [0.2, 0.25) is 0 Å². The lowest BCUT2D eigenvalue weighted by Gasteiger charge is -2.20. The number of rotatable bonds is 6. The Labute approximate surface area is 240 Å². The lowest BCUT2D eigenvalue weighted by molar-refractivity contribution is -0.117. The van der Waals surface area contributed by atoms with Crippen LogP contribution in [0, 0.1) is 11.7 Å². The smallest absolute Gasteiger partial charge is 0.224 e. The van der Waals surface area contributed by atoms with E-state index < -0.39 is 5.82 Å². The van der Waals surface area contributed by atoms with Gasteiger partial charge in [0.1, 0.15) is 17.3 Å². The first-order valence-corrected chi connectivity index (χ1v) is 14.1. The Bertz CT molecular complexity index is 1920. The summed E-state index contributed by atoms with van der Waals surface area (Å²) in [6, 6.07) is 13.3. The second-order valence-corrected chi connectivity index (χ2v) is 10.9. The number of halogens is 1. The molecule has 7 rings (SSSR count). The van der Waals surface area contributed by atoms with Gasteiger partial charge in [-0.25, -0.2) is 9.37 Å². The van der Waals surface area contributed by atoms with Crippen molar-refractivity contribution < 1.29 is 14.3 Å². The summed E-state index contributed by atoms with van der Waals surface area (Å²) in [7, 11) is 0. The van der Waals surface area contributed by atoms with E-state index in [2.05, 4.69) is 30.5 Å². The van der Waals surface area contributed by atoms with E-state index in [1.807, 2.05) is 30.3 Å². The number of benzene rings is 2. The predicted octanol–water partition coefficient (Wildman–Crippen LogP) is 6.98. The van der Waals surface area contributed by atoms with Crippen molar-refractivity contribution in [2.24, 2.45) is 5.92 Å². The van der Waals surface area contributed by atoms with Crippen LogP contribution in [-0.2, 0) is 4.79 Å². The molecule has 0 unspecified atom stereocenters. The summed E-state index contributed by atoms with van der Waals surface area (Å²) in [6.45, 7) is 0. The fraction of sp³-hybridized carbons (Fsp3) is 0.219. The third-order valence-corrected chi connectivity index (χ3v) is 7.89. The van der Waals surface area contributed by atoms with Crippen LogP contribution in [-0.4, -0.2) is 41.1 Å². The normalized spacial score (nSPS) is 14.0. The van der Waals surface area contributed by atoms with Gasteiger partial charge in [0.2, 0.25) is 5.91 Å². The summed E-state index contributed by atoms with van der Waals surface area (Å²) in [4.78, 5) is 29.8. The van der Waals surface area contributed by atoms with Crippen LogP contribution in [0.1, 0.15) is 38.5 Å². The molecule has 4 heterocycles. The molecule has 42 heavy (non-hydrogen) atoms. The molecule has 4 aromatic heterocycles. The molecule has 1 amide bonds. The highest BCUT2D eigenvalue weighted by Gasteiger charge is 2.19. The number of nitrogens with zero attached hydrogens (tertiary/aromatic N) is 4. The minimum Gasteiger partial charge on any atom is -0.508 e. The second kappa shape index (κ2) is 10.7. The number of phenols is 1. The maximum Gasteiger partial charge on any atom is 0.224 e. The van der Waals surface area contributed by atoms with Gasteiger partial charge >= 0.3 is 0 Å². The van der Waals surface area contributed by atoms with Gasteiger partial charge in [-0.3, -0.25) is 19.9 Å². The molecule has 4 N–H and O–H groups in total. The first-order chi connectivity index (χ1) is 20.5. The van der Waals surface area contributed by atoms with Gasteiger partial charge in [-0.1, -0.05) is 31.4 Å². The van der Waals surface area contributed by atoms with Crippen LogP contribution in [0.5, 0.6) is 5.75 Å². The van der Waals surface area contributed by atoms with Crippen molar-refractivity contribution in [1.82, 2.24) is 30.1 Å². The van der Waals surface area contributed by atoms with Crippen LogP contribution >= 0.6 is 0 Å². The molecule has 210 valence electrons. The zero-order valence-electron chi connectivity index (χ0n) is 22.7. The summed E-state index contributed by atoms with van der Waals surface area (Å²) >= 11 is 0. The number of imidazole rings is 1. The molecule has 0 aliphatic heterocycles. The number of carbonyl (C=O) groups is 1. The van der Waals surface area contributed by atoms with Crippen molar-refractivity contribution in [2.75, 3.05) is 5.32 Å². The van der Waals surface area contributed by atoms with Gasteiger partial charge in [-0.2, -0.15) is 5.10 Å². The molecule has 9 nitrogen and oxygen atoms in total. The molecule has 0 spiro atoms. The molecule has 0 bridgehead atoms.